The second-order valence-electron chi connectivity index (χ2n) is 9.74. The number of likely N-dealkylation sites (tertiary alicyclic amines) is 1. The number of anilines is 1. The van der Waals surface area contributed by atoms with Crippen LogP contribution in [-0.4, -0.2) is 62.5 Å². The minimum Gasteiger partial charge on any atom is -0.444 e. The Morgan fingerprint density at radius 3 is 2.66 bits per heavy atom. The lowest BCUT2D eigenvalue weighted by atomic mass is 10.1. The molecule has 4 rings (SSSR count). The van der Waals surface area contributed by atoms with Crippen molar-refractivity contribution in [3.05, 3.63) is 59.2 Å². The number of imidazole rings is 1. The summed E-state index contributed by atoms with van der Waals surface area (Å²) in [5.41, 5.74) is 0.427. The van der Waals surface area contributed by atoms with Crippen molar-refractivity contribution in [2.24, 2.45) is 5.92 Å². The second kappa shape index (κ2) is 10.1. The summed E-state index contributed by atoms with van der Waals surface area (Å²) in [6.07, 6.45) is 5.44. The molecule has 1 saturated heterocycles. The van der Waals surface area contributed by atoms with Crippen LogP contribution in [0.1, 0.15) is 43.5 Å². The molecule has 3 heterocycles. The fraction of sp³-hybridized carbons (Fsp3) is 0.440. The summed E-state index contributed by atoms with van der Waals surface area (Å²) < 4.78 is 7.25. The number of rotatable bonds is 4. The topological polar surface area (TPSA) is 96.8 Å². The van der Waals surface area contributed by atoms with Gasteiger partial charge in [-0.05, 0) is 51.3 Å². The predicted octanol–water partition coefficient (Wildman–Crippen LogP) is 3.94. The number of ether oxygens (including phenoxy) is 1. The number of amides is 3. The van der Waals surface area contributed by atoms with Crippen LogP contribution in [-0.2, 0) is 22.6 Å². The summed E-state index contributed by atoms with van der Waals surface area (Å²) >= 11 is 6.14. The van der Waals surface area contributed by atoms with E-state index in [1.807, 2.05) is 31.4 Å². The van der Waals surface area contributed by atoms with Gasteiger partial charge in [0.05, 0.1) is 23.5 Å². The lowest BCUT2D eigenvalue weighted by molar-refractivity contribution is -0.127. The Morgan fingerprint density at radius 1 is 1.14 bits per heavy atom. The first-order valence-corrected chi connectivity index (χ1v) is 12.0. The molecule has 2 aliphatic rings. The van der Waals surface area contributed by atoms with Gasteiger partial charge in [-0.15, -0.1) is 0 Å². The van der Waals surface area contributed by atoms with Crippen molar-refractivity contribution in [3.63, 3.8) is 0 Å². The molecular formula is C25H30ClN5O4. The molecule has 3 amide bonds. The molecule has 0 radical (unpaired) electrons. The van der Waals surface area contributed by atoms with Crippen LogP contribution in [0.3, 0.4) is 0 Å². The van der Waals surface area contributed by atoms with Crippen LogP contribution in [0.25, 0.3) is 0 Å². The van der Waals surface area contributed by atoms with Crippen LogP contribution in [0.5, 0.6) is 0 Å². The molecule has 1 unspecified atom stereocenters. The SMILES string of the molecule is CC(C)(C)OC(=O)N1CCC(/C=C/C(=O)N2CCn3c(C(=O)Nc4ccccc4Cl)cnc3C2)C1. The largest absolute Gasteiger partial charge is 0.444 e. The molecule has 2 aromatic rings. The van der Waals surface area contributed by atoms with Crippen molar-refractivity contribution in [2.75, 3.05) is 25.0 Å². The normalized spacial score (nSPS) is 18.0. The molecule has 1 aromatic carbocycles. The lowest BCUT2D eigenvalue weighted by Crippen LogP contribution is -2.38. The van der Waals surface area contributed by atoms with Crippen molar-refractivity contribution in [2.45, 2.75) is 45.9 Å². The zero-order chi connectivity index (χ0) is 25.2. The maximum Gasteiger partial charge on any atom is 0.410 e. The van der Waals surface area contributed by atoms with Crippen LogP contribution in [0, 0.1) is 5.92 Å². The molecule has 0 bridgehead atoms. The highest BCUT2D eigenvalue weighted by Gasteiger charge is 2.29. The number of aromatic nitrogens is 2. The quantitative estimate of drug-likeness (QED) is 0.642. The molecule has 0 spiro atoms. The van der Waals surface area contributed by atoms with Crippen LogP contribution >= 0.6 is 11.6 Å². The standard InChI is InChI=1S/C25H30ClN5O4/c1-25(2,3)35-24(34)30-11-10-17(15-30)8-9-22(32)29-12-13-31-20(14-27-21(31)16-29)23(33)28-19-7-5-4-6-18(19)26/h4-9,14,17H,10-13,15-16H2,1-3H3,(H,28,33)/b9-8+. The Bertz CT molecular complexity index is 1150. The Morgan fingerprint density at radius 2 is 1.91 bits per heavy atom. The molecule has 9 nitrogen and oxygen atoms in total. The third kappa shape index (κ3) is 6.03. The summed E-state index contributed by atoms with van der Waals surface area (Å²) in [6.45, 7) is 7.92. The number of hydrogen-bond acceptors (Lipinski definition) is 5. The van der Waals surface area contributed by atoms with Crippen LogP contribution in [0.2, 0.25) is 5.02 Å². The van der Waals surface area contributed by atoms with Gasteiger partial charge in [-0.2, -0.15) is 0 Å². The van der Waals surface area contributed by atoms with Gasteiger partial charge in [0.25, 0.3) is 5.91 Å². The van der Waals surface area contributed by atoms with E-state index in [2.05, 4.69) is 10.3 Å². The number of para-hydroxylation sites is 1. The second-order valence-corrected chi connectivity index (χ2v) is 10.1. The third-order valence-corrected chi connectivity index (χ3v) is 6.25. The molecule has 186 valence electrons. The van der Waals surface area contributed by atoms with Crippen molar-refractivity contribution >= 4 is 35.2 Å². The predicted molar refractivity (Wildman–Crippen MR) is 132 cm³/mol. The Kier molecular flexibility index (Phi) is 7.16. The third-order valence-electron chi connectivity index (χ3n) is 5.92. The van der Waals surface area contributed by atoms with Gasteiger partial charge in [-0.1, -0.05) is 29.8 Å². The van der Waals surface area contributed by atoms with Crippen LogP contribution < -0.4 is 5.32 Å². The van der Waals surface area contributed by atoms with E-state index in [0.29, 0.717) is 55.0 Å². The maximum absolute atomic E-state index is 12.8. The average molecular weight is 500 g/mol. The number of carbonyl (C=O) groups is 3. The Labute approximate surface area is 209 Å². The number of fused-ring (bicyclic) bond motifs is 1. The van der Waals surface area contributed by atoms with Crippen LogP contribution in [0.4, 0.5) is 10.5 Å². The highest BCUT2D eigenvalue weighted by molar-refractivity contribution is 6.33. The highest BCUT2D eigenvalue weighted by Crippen LogP contribution is 2.23. The molecule has 10 heteroatoms. The van der Waals surface area contributed by atoms with Crippen molar-refractivity contribution in [1.82, 2.24) is 19.4 Å². The van der Waals surface area contributed by atoms with Gasteiger partial charge < -0.3 is 24.4 Å². The van der Waals surface area contributed by atoms with Gasteiger partial charge in [0.15, 0.2) is 0 Å². The van der Waals surface area contributed by atoms with E-state index in [-0.39, 0.29) is 23.8 Å². The van der Waals surface area contributed by atoms with Crippen molar-refractivity contribution in [1.29, 1.82) is 0 Å². The van der Waals surface area contributed by atoms with Crippen molar-refractivity contribution in [3.8, 4) is 0 Å². The number of carbonyl (C=O) groups excluding carboxylic acids is 3. The molecule has 0 aliphatic carbocycles. The van der Waals surface area contributed by atoms with Gasteiger partial charge in [0.2, 0.25) is 5.91 Å². The summed E-state index contributed by atoms with van der Waals surface area (Å²) in [7, 11) is 0. The zero-order valence-electron chi connectivity index (χ0n) is 20.2. The van der Waals surface area contributed by atoms with E-state index in [9.17, 15) is 14.4 Å². The fourth-order valence-corrected chi connectivity index (χ4v) is 4.32. The summed E-state index contributed by atoms with van der Waals surface area (Å²) in [4.78, 5) is 45.5. The minimum atomic E-state index is -0.532. The highest BCUT2D eigenvalue weighted by atomic mass is 35.5. The molecule has 1 aromatic heterocycles. The van der Waals surface area contributed by atoms with E-state index in [1.54, 1.807) is 40.1 Å². The number of benzene rings is 1. The number of nitrogens with one attached hydrogen (secondary N) is 1. The zero-order valence-corrected chi connectivity index (χ0v) is 20.9. The molecule has 35 heavy (non-hydrogen) atoms. The van der Waals surface area contributed by atoms with Gasteiger partial charge in [-0.3, -0.25) is 9.59 Å². The first-order chi connectivity index (χ1) is 16.6. The monoisotopic (exact) mass is 499 g/mol. The lowest BCUT2D eigenvalue weighted by Gasteiger charge is -2.27. The molecule has 1 fully saturated rings. The van der Waals surface area contributed by atoms with Crippen molar-refractivity contribution < 1.29 is 19.1 Å². The molecular weight excluding hydrogens is 470 g/mol. The summed E-state index contributed by atoms with van der Waals surface area (Å²) in [5.74, 6) is 0.349. The maximum atomic E-state index is 12.8. The van der Waals surface area contributed by atoms with Gasteiger partial charge in [-0.25, -0.2) is 9.78 Å². The number of halogens is 1. The molecule has 2 aliphatic heterocycles. The minimum absolute atomic E-state index is 0.110. The number of hydrogen-bond donors (Lipinski definition) is 1. The molecule has 1 atom stereocenters. The van der Waals surface area contributed by atoms with Gasteiger partial charge in [0.1, 0.15) is 17.1 Å². The average Bonchev–Trinajstić information content (AvgIpc) is 3.44. The number of nitrogens with zero attached hydrogens (tertiary/aromatic N) is 4. The van der Waals surface area contributed by atoms with E-state index < -0.39 is 5.60 Å². The first-order valence-electron chi connectivity index (χ1n) is 11.7. The smallest absolute Gasteiger partial charge is 0.410 e. The van der Waals surface area contributed by atoms with E-state index in [1.165, 1.54) is 6.20 Å². The summed E-state index contributed by atoms with van der Waals surface area (Å²) in [5, 5.41) is 3.27. The fourth-order valence-electron chi connectivity index (χ4n) is 4.14. The first kappa shape index (κ1) is 24.8. The Hall–Kier alpha value is -3.33. The molecule has 1 N–H and O–H groups in total. The molecule has 0 saturated carbocycles. The van der Waals surface area contributed by atoms with Crippen LogP contribution in [0.15, 0.2) is 42.6 Å². The van der Waals surface area contributed by atoms with Gasteiger partial charge in [0, 0.05) is 26.2 Å². The van der Waals surface area contributed by atoms with E-state index in [0.717, 1.165) is 6.42 Å². The Balaban J connectivity index is 1.32. The summed E-state index contributed by atoms with van der Waals surface area (Å²) in [6, 6.07) is 7.03. The van der Waals surface area contributed by atoms with E-state index >= 15 is 0 Å². The van der Waals surface area contributed by atoms with E-state index in [4.69, 9.17) is 16.3 Å². The van der Waals surface area contributed by atoms with Gasteiger partial charge >= 0.3 is 6.09 Å².